The van der Waals surface area contributed by atoms with Gasteiger partial charge in [0.2, 0.25) is 0 Å². The molecule has 2 heterocycles. The quantitative estimate of drug-likeness (QED) is 0.859. The van der Waals surface area contributed by atoms with E-state index >= 15 is 0 Å². The minimum absolute atomic E-state index is 0.00635. The Hall–Kier alpha value is -1.62. The highest BCUT2D eigenvalue weighted by Crippen LogP contribution is 2.31. The molecule has 1 saturated heterocycles. The monoisotopic (exact) mass is 306 g/mol. The van der Waals surface area contributed by atoms with Gasteiger partial charge in [0.05, 0.1) is 12.6 Å². The van der Waals surface area contributed by atoms with Crippen molar-refractivity contribution in [3.63, 3.8) is 0 Å². The SMILES string of the molecule is CC(C)(C)OC(=O)N1[C@@H](CCc2ccccn2)COC1(C)C. The van der Waals surface area contributed by atoms with Crippen LogP contribution in [0.4, 0.5) is 4.79 Å². The smallest absolute Gasteiger partial charge is 0.412 e. The first-order valence-electron chi connectivity index (χ1n) is 7.75. The first-order valence-corrected chi connectivity index (χ1v) is 7.75. The summed E-state index contributed by atoms with van der Waals surface area (Å²) in [7, 11) is 0. The van der Waals surface area contributed by atoms with E-state index in [9.17, 15) is 4.79 Å². The second kappa shape index (κ2) is 6.24. The van der Waals surface area contributed by atoms with Crippen LogP contribution in [-0.2, 0) is 15.9 Å². The van der Waals surface area contributed by atoms with E-state index in [-0.39, 0.29) is 12.1 Å². The third-order valence-corrected chi connectivity index (χ3v) is 3.62. The van der Waals surface area contributed by atoms with Crippen molar-refractivity contribution in [2.45, 2.75) is 64.8 Å². The molecule has 0 bridgehead atoms. The number of hydrogen-bond acceptors (Lipinski definition) is 4. The summed E-state index contributed by atoms with van der Waals surface area (Å²) < 4.78 is 11.3. The molecule has 1 aromatic rings. The minimum Gasteiger partial charge on any atom is -0.444 e. The molecule has 2 rings (SSSR count). The minimum atomic E-state index is -0.642. The van der Waals surface area contributed by atoms with Gasteiger partial charge in [-0.25, -0.2) is 4.79 Å². The zero-order chi connectivity index (χ0) is 16.4. The van der Waals surface area contributed by atoms with Gasteiger partial charge >= 0.3 is 6.09 Å². The zero-order valence-corrected chi connectivity index (χ0v) is 14.1. The third kappa shape index (κ3) is 4.19. The van der Waals surface area contributed by atoms with Gasteiger partial charge in [-0.05, 0) is 59.6 Å². The third-order valence-electron chi connectivity index (χ3n) is 3.62. The normalized spacial score (nSPS) is 21.0. The molecular formula is C17H26N2O3. The Morgan fingerprint density at radius 1 is 1.45 bits per heavy atom. The van der Waals surface area contributed by atoms with Crippen LogP contribution in [0.25, 0.3) is 0 Å². The second-order valence-electron chi connectivity index (χ2n) is 7.12. The van der Waals surface area contributed by atoms with Crippen LogP contribution in [0.5, 0.6) is 0 Å². The van der Waals surface area contributed by atoms with Crippen LogP contribution in [0.2, 0.25) is 0 Å². The highest BCUT2D eigenvalue weighted by Gasteiger charge is 2.45. The number of hydrogen-bond donors (Lipinski definition) is 0. The number of amides is 1. The number of rotatable bonds is 3. The van der Waals surface area contributed by atoms with E-state index < -0.39 is 11.3 Å². The van der Waals surface area contributed by atoms with Crippen LogP contribution < -0.4 is 0 Å². The van der Waals surface area contributed by atoms with E-state index in [4.69, 9.17) is 9.47 Å². The lowest BCUT2D eigenvalue weighted by atomic mass is 10.1. The Bertz CT molecular complexity index is 508. The van der Waals surface area contributed by atoms with Crippen molar-refractivity contribution in [2.75, 3.05) is 6.61 Å². The van der Waals surface area contributed by atoms with Crippen LogP contribution in [0.15, 0.2) is 24.4 Å². The van der Waals surface area contributed by atoms with Crippen molar-refractivity contribution in [3.05, 3.63) is 30.1 Å². The maximum absolute atomic E-state index is 12.5. The van der Waals surface area contributed by atoms with E-state index in [0.717, 1.165) is 18.5 Å². The molecule has 0 spiro atoms. The number of carbonyl (C=O) groups is 1. The van der Waals surface area contributed by atoms with Gasteiger partial charge in [0.15, 0.2) is 0 Å². The largest absolute Gasteiger partial charge is 0.444 e. The molecule has 1 aliphatic rings. The van der Waals surface area contributed by atoms with Gasteiger partial charge in [0.25, 0.3) is 0 Å². The van der Waals surface area contributed by atoms with Gasteiger partial charge in [-0.2, -0.15) is 0 Å². The number of carbonyl (C=O) groups excluding carboxylic acids is 1. The fourth-order valence-electron chi connectivity index (χ4n) is 2.64. The molecular weight excluding hydrogens is 280 g/mol. The van der Waals surface area contributed by atoms with E-state index in [1.165, 1.54) is 0 Å². The Kier molecular flexibility index (Phi) is 4.75. The summed E-state index contributed by atoms with van der Waals surface area (Å²) in [6, 6.07) is 5.88. The molecule has 0 aliphatic carbocycles. The molecule has 0 N–H and O–H groups in total. The van der Waals surface area contributed by atoms with Gasteiger partial charge in [-0.1, -0.05) is 6.07 Å². The summed E-state index contributed by atoms with van der Waals surface area (Å²) in [5.41, 5.74) is -0.130. The van der Waals surface area contributed by atoms with Crippen molar-refractivity contribution in [2.24, 2.45) is 0 Å². The lowest BCUT2D eigenvalue weighted by Crippen LogP contribution is -2.49. The molecule has 1 amide bonds. The molecule has 22 heavy (non-hydrogen) atoms. The highest BCUT2D eigenvalue weighted by atomic mass is 16.6. The van der Waals surface area contributed by atoms with Crippen molar-refractivity contribution in [1.82, 2.24) is 9.88 Å². The van der Waals surface area contributed by atoms with E-state index in [1.807, 2.05) is 52.8 Å². The highest BCUT2D eigenvalue weighted by molar-refractivity contribution is 5.69. The molecule has 0 aromatic carbocycles. The van der Waals surface area contributed by atoms with Crippen molar-refractivity contribution in [1.29, 1.82) is 0 Å². The second-order valence-corrected chi connectivity index (χ2v) is 7.12. The summed E-state index contributed by atoms with van der Waals surface area (Å²) >= 11 is 0. The molecule has 1 aromatic heterocycles. The summed E-state index contributed by atoms with van der Waals surface area (Å²) in [4.78, 5) is 18.6. The van der Waals surface area contributed by atoms with Crippen molar-refractivity contribution in [3.8, 4) is 0 Å². The molecule has 5 nitrogen and oxygen atoms in total. The number of nitrogens with zero attached hydrogens (tertiary/aromatic N) is 2. The maximum Gasteiger partial charge on any atom is 0.412 e. The van der Waals surface area contributed by atoms with Gasteiger partial charge in [-0.15, -0.1) is 0 Å². The predicted molar refractivity (Wildman–Crippen MR) is 84.5 cm³/mol. The average Bonchev–Trinajstić information content (AvgIpc) is 2.71. The molecule has 1 aliphatic heterocycles. The average molecular weight is 306 g/mol. The van der Waals surface area contributed by atoms with Crippen LogP contribution in [0.1, 0.15) is 46.7 Å². The summed E-state index contributed by atoms with van der Waals surface area (Å²) in [5, 5.41) is 0. The van der Waals surface area contributed by atoms with Crippen molar-refractivity contribution >= 4 is 6.09 Å². The first kappa shape index (κ1) is 16.7. The van der Waals surface area contributed by atoms with Gasteiger partial charge in [0, 0.05) is 11.9 Å². The lowest BCUT2D eigenvalue weighted by Gasteiger charge is -2.35. The molecule has 0 radical (unpaired) electrons. The Morgan fingerprint density at radius 3 is 2.77 bits per heavy atom. The van der Waals surface area contributed by atoms with Crippen LogP contribution in [0, 0.1) is 0 Å². The van der Waals surface area contributed by atoms with E-state index in [0.29, 0.717) is 6.61 Å². The number of pyridine rings is 1. The van der Waals surface area contributed by atoms with E-state index in [1.54, 1.807) is 11.1 Å². The van der Waals surface area contributed by atoms with Gasteiger partial charge < -0.3 is 9.47 Å². The zero-order valence-electron chi connectivity index (χ0n) is 14.1. The summed E-state index contributed by atoms with van der Waals surface area (Å²) in [6.07, 6.45) is 3.08. The number of aromatic nitrogens is 1. The van der Waals surface area contributed by atoms with Crippen LogP contribution in [-0.4, -0.2) is 40.0 Å². The first-order chi connectivity index (χ1) is 10.2. The van der Waals surface area contributed by atoms with Crippen molar-refractivity contribution < 1.29 is 14.3 Å². The molecule has 1 fully saturated rings. The summed E-state index contributed by atoms with van der Waals surface area (Å²) in [6.45, 7) is 9.95. The van der Waals surface area contributed by atoms with Crippen LogP contribution >= 0.6 is 0 Å². The lowest BCUT2D eigenvalue weighted by molar-refractivity contribution is -0.0626. The fraction of sp³-hybridized carbons (Fsp3) is 0.647. The standard InChI is InChI=1S/C17H26N2O3/c1-16(2,3)22-15(20)19-14(12-21-17(19,4)5)10-9-13-8-6-7-11-18-13/h6-8,11,14H,9-10,12H2,1-5H3/t14-/m0/s1. The summed E-state index contributed by atoms with van der Waals surface area (Å²) in [5.74, 6) is 0. The maximum atomic E-state index is 12.5. The molecule has 0 saturated carbocycles. The number of aryl methyl sites for hydroxylation is 1. The topological polar surface area (TPSA) is 51.7 Å². The molecule has 1 atom stereocenters. The van der Waals surface area contributed by atoms with Gasteiger partial charge in [0.1, 0.15) is 11.3 Å². The Balaban J connectivity index is 2.04. The number of ether oxygens (including phenoxy) is 2. The Labute approximate surface area is 132 Å². The predicted octanol–water partition coefficient (Wildman–Crippen LogP) is 3.39. The molecule has 122 valence electrons. The molecule has 0 unspecified atom stereocenters. The van der Waals surface area contributed by atoms with E-state index in [2.05, 4.69) is 4.98 Å². The molecule has 5 heteroatoms. The van der Waals surface area contributed by atoms with Gasteiger partial charge in [-0.3, -0.25) is 9.88 Å². The fourth-order valence-corrected chi connectivity index (χ4v) is 2.64. The Morgan fingerprint density at radius 2 is 2.18 bits per heavy atom. The van der Waals surface area contributed by atoms with Crippen LogP contribution in [0.3, 0.4) is 0 Å².